The second-order valence-electron chi connectivity index (χ2n) is 2.23. The van der Waals surface area contributed by atoms with Crippen LogP contribution >= 0.6 is 0 Å². The quantitative estimate of drug-likeness (QED) is 0.431. The zero-order valence-corrected chi connectivity index (χ0v) is 6.83. The lowest BCUT2D eigenvalue weighted by atomic mass is 10.2. The van der Waals surface area contributed by atoms with E-state index < -0.39 is 0 Å². The van der Waals surface area contributed by atoms with Gasteiger partial charge in [0, 0.05) is 5.56 Å². The molecule has 0 saturated heterocycles. The molecule has 0 heteroatoms. The van der Waals surface area contributed by atoms with Crippen LogP contribution in [0.3, 0.4) is 0 Å². The van der Waals surface area contributed by atoms with Gasteiger partial charge in [0.25, 0.3) is 0 Å². The predicted octanol–water partition coefficient (Wildman–Crippen LogP) is 2.78. The Morgan fingerprint density at radius 2 is 1.92 bits per heavy atom. The van der Waals surface area contributed by atoms with Crippen LogP contribution in [-0.2, 0) is 0 Å². The molecule has 0 aromatic heterocycles. The van der Waals surface area contributed by atoms with Crippen molar-refractivity contribution in [1.29, 1.82) is 0 Å². The number of allylic oxidation sites excluding steroid dienone is 3. The molecule has 0 N–H and O–H groups in total. The molecule has 0 saturated carbocycles. The van der Waals surface area contributed by atoms with Crippen LogP contribution in [0.15, 0.2) is 55.1 Å². The molecule has 12 heavy (non-hydrogen) atoms. The van der Waals surface area contributed by atoms with E-state index >= 15 is 0 Å². The summed E-state index contributed by atoms with van der Waals surface area (Å²) in [6.45, 7) is 3.55. The van der Waals surface area contributed by atoms with Gasteiger partial charge in [0.1, 0.15) is 0 Å². The normalized spacial score (nSPS) is 9.00. The molecule has 0 bridgehead atoms. The van der Waals surface area contributed by atoms with Crippen LogP contribution in [0, 0.1) is 11.8 Å². The molecule has 0 atom stereocenters. The highest BCUT2D eigenvalue weighted by Gasteiger charge is 1.78. The lowest BCUT2D eigenvalue weighted by molar-refractivity contribution is 1.65. The van der Waals surface area contributed by atoms with E-state index in [0.717, 1.165) is 5.56 Å². The van der Waals surface area contributed by atoms with E-state index in [0.29, 0.717) is 0 Å². The van der Waals surface area contributed by atoms with Crippen LogP contribution in [0.4, 0.5) is 0 Å². The SMILES string of the molecule is C=CC=CC#Cc1ccccc1. The summed E-state index contributed by atoms with van der Waals surface area (Å²) >= 11 is 0. The van der Waals surface area contributed by atoms with Gasteiger partial charge < -0.3 is 0 Å². The fourth-order valence-electron chi connectivity index (χ4n) is 0.763. The molecule has 0 unspecified atom stereocenters. The van der Waals surface area contributed by atoms with Gasteiger partial charge in [-0.2, -0.15) is 0 Å². The molecule has 0 aliphatic heterocycles. The summed E-state index contributed by atoms with van der Waals surface area (Å²) in [5.41, 5.74) is 1.03. The van der Waals surface area contributed by atoms with Crippen molar-refractivity contribution in [3.63, 3.8) is 0 Å². The van der Waals surface area contributed by atoms with E-state index in [9.17, 15) is 0 Å². The van der Waals surface area contributed by atoms with E-state index in [2.05, 4.69) is 18.4 Å². The van der Waals surface area contributed by atoms with Crippen molar-refractivity contribution >= 4 is 0 Å². The van der Waals surface area contributed by atoms with E-state index in [1.807, 2.05) is 36.4 Å². The molecule has 1 aromatic carbocycles. The molecule has 1 rings (SSSR count). The Balaban J connectivity index is 2.67. The van der Waals surface area contributed by atoms with Crippen LogP contribution in [0.5, 0.6) is 0 Å². The van der Waals surface area contributed by atoms with Crippen LogP contribution in [0.2, 0.25) is 0 Å². The summed E-state index contributed by atoms with van der Waals surface area (Å²) in [5, 5.41) is 0. The summed E-state index contributed by atoms with van der Waals surface area (Å²) in [5.74, 6) is 5.90. The van der Waals surface area contributed by atoms with Gasteiger partial charge in [-0.1, -0.05) is 48.8 Å². The molecule has 0 spiro atoms. The standard InChI is InChI=1S/C12H10/c1-2-3-4-6-9-12-10-7-5-8-11-12/h2-5,7-8,10-11H,1H2. The van der Waals surface area contributed by atoms with Gasteiger partial charge in [-0.15, -0.1) is 0 Å². The molecular weight excluding hydrogens is 144 g/mol. The van der Waals surface area contributed by atoms with E-state index in [1.165, 1.54) is 0 Å². The summed E-state index contributed by atoms with van der Waals surface area (Å²) in [6.07, 6.45) is 5.30. The largest absolute Gasteiger partial charge is 0.0990 e. The predicted molar refractivity (Wildman–Crippen MR) is 52.7 cm³/mol. The third kappa shape index (κ3) is 2.90. The zero-order chi connectivity index (χ0) is 8.65. The maximum atomic E-state index is 3.55. The minimum atomic E-state index is 1.03. The Kier molecular flexibility index (Phi) is 3.47. The maximum Gasteiger partial charge on any atom is 0.0248 e. The van der Waals surface area contributed by atoms with Gasteiger partial charge in [0.2, 0.25) is 0 Å². The lowest BCUT2D eigenvalue weighted by Gasteiger charge is -1.83. The first-order chi connectivity index (χ1) is 5.93. The van der Waals surface area contributed by atoms with Crippen molar-refractivity contribution in [2.45, 2.75) is 0 Å². The molecule has 0 amide bonds. The van der Waals surface area contributed by atoms with Crippen LogP contribution in [-0.4, -0.2) is 0 Å². The molecule has 0 nitrogen and oxygen atoms in total. The van der Waals surface area contributed by atoms with Gasteiger partial charge in [0.15, 0.2) is 0 Å². The van der Waals surface area contributed by atoms with Gasteiger partial charge in [-0.25, -0.2) is 0 Å². The van der Waals surface area contributed by atoms with Crippen molar-refractivity contribution in [1.82, 2.24) is 0 Å². The molecule has 58 valence electrons. The maximum absolute atomic E-state index is 3.55. The van der Waals surface area contributed by atoms with Crippen molar-refractivity contribution < 1.29 is 0 Å². The highest BCUT2D eigenvalue weighted by atomic mass is 13.8. The fraction of sp³-hybridized carbons (Fsp3) is 0. The zero-order valence-electron chi connectivity index (χ0n) is 6.83. The van der Waals surface area contributed by atoms with Crippen molar-refractivity contribution in [2.24, 2.45) is 0 Å². The third-order valence-corrected chi connectivity index (χ3v) is 1.31. The summed E-state index contributed by atoms with van der Waals surface area (Å²) in [7, 11) is 0. The number of rotatable bonds is 1. The molecule has 0 fully saturated rings. The van der Waals surface area contributed by atoms with Gasteiger partial charge in [-0.05, 0) is 18.2 Å². The third-order valence-electron chi connectivity index (χ3n) is 1.31. The van der Waals surface area contributed by atoms with Crippen LogP contribution < -0.4 is 0 Å². The molecule has 0 aliphatic carbocycles. The Morgan fingerprint density at radius 1 is 1.17 bits per heavy atom. The average molecular weight is 154 g/mol. The van der Waals surface area contributed by atoms with Crippen LogP contribution in [0.1, 0.15) is 5.56 Å². The molecule has 0 heterocycles. The number of hydrogen-bond acceptors (Lipinski definition) is 0. The number of benzene rings is 1. The van der Waals surface area contributed by atoms with Gasteiger partial charge in [-0.3, -0.25) is 0 Å². The Labute approximate surface area is 73.2 Å². The Morgan fingerprint density at radius 3 is 2.58 bits per heavy atom. The molecular formula is C12H10. The van der Waals surface area contributed by atoms with E-state index in [-0.39, 0.29) is 0 Å². The fourth-order valence-corrected chi connectivity index (χ4v) is 0.763. The van der Waals surface area contributed by atoms with Crippen LogP contribution in [0.25, 0.3) is 0 Å². The molecule has 0 aliphatic rings. The topological polar surface area (TPSA) is 0 Å². The first-order valence-electron chi connectivity index (χ1n) is 3.77. The minimum Gasteiger partial charge on any atom is -0.0990 e. The monoisotopic (exact) mass is 154 g/mol. The highest BCUT2D eigenvalue weighted by molar-refractivity contribution is 5.36. The van der Waals surface area contributed by atoms with Gasteiger partial charge in [0.05, 0.1) is 0 Å². The molecule has 0 radical (unpaired) electrons. The van der Waals surface area contributed by atoms with Gasteiger partial charge >= 0.3 is 0 Å². The highest BCUT2D eigenvalue weighted by Crippen LogP contribution is 1.94. The second kappa shape index (κ2) is 4.98. The summed E-state index contributed by atoms with van der Waals surface area (Å²) < 4.78 is 0. The first kappa shape index (κ1) is 8.36. The van der Waals surface area contributed by atoms with Crippen molar-refractivity contribution in [3.05, 3.63) is 60.7 Å². The van der Waals surface area contributed by atoms with Crippen molar-refractivity contribution in [2.75, 3.05) is 0 Å². The Bertz CT molecular complexity index is 320. The Hall–Kier alpha value is -1.74. The molecule has 1 aromatic rings. The van der Waals surface area contributed by atoms with Crippen molar-refractivity contribution in [3.8, 4) is 11.8 Å². The summed E-state index contributed by atoms with van der Waals surface area (Å²) in [4.78, 5) is 0. The second-order valence-corrected chi connectivity index (χ2v) is 2.23. The van der Waals surface area contributed by atoms with E-state index in [4.69, 9.17) is 0 Å². The van der Waals surface area contributed by atoms with E-state index in [1.54, 1.807) is 12.2 Å². The minimum absolute atomic E-state index is 1.03. The number of hydrogen-bond donors (Lipinski definition) is 0. The smallest absolute Gasteiger partial charge is 0.0248 e. The lowest BCUT2D eigenvalue weighted by Crippen LogP contribution is -1.68. The first-order valence-corrected chi connectivity index (χ1v) is 3.77. The average Bonchev–Trinajstić information content (AvgIpc) is 2.14. The summed E-state index contributed by atoms with van der Waals surface area (Å²) in [6, 6.07) is 9.89.